The molecule has 2 heterocycles. The second kappa shape index (κ2) is 3.57. The van der Waals surface area contributed by atoms with Gasteiger partial charge in [0.2, 0.25) is 0 Å². The van der Waals surface area contributed by atoms with Crippen LogP contribution in [-0.4, -0.2) is 35.6 Å². The first-order valence-corrected chi connectivity index (χ1v) is 4.46. The van der Waals surface area contributed by atoms with Crippen molar-refractivity contribution in [1.29, 1.82) is 0 Å². The highest BCUT2D eigenvalue weighted by Crippen LogP contribution is 2.22. The maximum atomic E-state index is 10.8. The minimum atomic E-state index is 0.0977. The average molecular weight is 189 g/mol. The van der Waals surface area contributed by atoms with E-state index in [0.29, 0.717) is 5.71 Å². The first kappa shape index (κ1) is 8.87. The molecule has 0 bridgehead atoms. The fraction of sp³-hybridized carbons (Fsp3) is 0.300. The number of hydrazone groups is 1. The topological polar surface area (TPSA) is 45.6 Å². The van der Waals surface area contributed by atoms with E-state index in [0.717, 1.165) is 18.4 Å². The van der Waals surface area contributed by atoms with Gasteiger partial charge in [-0.2, -0.15) is 5.10 Å². The highest BCUT2D eigenvalue weighted by Gasteiger charge is 2.25. The average Bonchev–Trinajstić information content (AvgIpc) is 2.61. The molecule has 1 aliphatic heterocycles. The molecule has 0 saturated heterocycles. The zero-order valence-electron chi connectivity index (χ0n) is 7.92. The molecule has 0 amide bonds. The fourth-order valence-corrected chi connectivity index (χ4v) is 1.64. The molecule has 1 aliphatic rings. The normalized spacial score (nSPS) is 20.8. The third kappa shape index (κ3) is 1.51. The highest BCUT2D eigenvalue weighted by molar-refractivity contribution is 6.31. The van der Waals surface area contributed by atoms with E-state index in [2.05, 4.69) is 10.1 Å². The summed E-state index contributed by atoms with van der Waals surface area (Å²) in [4.78, 5) is 14.7. The predicted octanol–water partition coefficient (Wildman–Crippen LogP) is 0.665. The number of aldehydes is 1. The van der Waals surface area contributed by atoms with Gasteiger partial charge in [0.1, 0.15) is 5.71 Å². The van der Waals surface area contributed by atoms with Gasteiger partial charge in [0.15, 0.2) is 6.29 Å². The molecule has 0 aliphatic carbocycles. The largest absolute Gasteiger partial charge is 0.299 e. The standard InChI is InChI=1S/C10H11N3O/c1-13-6-9(10(7-14)12-13)8-2-4-11-5-3-8/h2-5,7,9H,6H2,1H3. The molecule has 0 saturated carbocycles. The number of rotatable bonds is 2. The smallest absolute Gasteiger partial charge is 0.166 e. The third-order valence-corrected chi connectivity index (χ3v) is 2.32. The lowest BCUT2D eigenvalue weighted by atomic mass is 9.96. The van der Waals surface area contributed by atoms with Crippen molar-refractivity contribution in [3.63, 3.8) is 0 Å². The first-order valence-electron chi connectivity index (χ1n) is 4.46. The number of carbonyl (C=O) groups excluding carboxylic acids is 1. The summed E-state index contributed by atoms with van der Waals surface area (Å²) in [6.07, 6.45) is 4.29. The van der Waals surface area contributed by atoms with E-state index in [-0.39, 0.29) is 5.92 Å². The van der Waals surface area contributed by atoms with Crippen LogP contribution < -0.4 is 0 Å². The molecule has 72 valence electrons. The number of nitrogens with zero attached hydrogens (tertiary/aromatic N) is 3. The second-order valence-corrected chi connectivity index (χ2v) is 3.32. The van der Waals surface area contributed by atoms with Gasteiger partial charge in [-0.1, -0.05) is 0 Å². The number of carbonyl (C=O) groups is 1. The van der Waals surface area contributed by atoms with E-state index in [1.54, 1.807) is 17.4 Å². The lowest BCUT2D eigenvalue weighted by Crippen LogP contribution is -2.15. The lowest BCUT2D eigenvalue weighted by Gasteiger charge is -2.10. The molecule has 14 heavy (non-hydrogen) atoms. The second-order valence-electron chi connectivity index (χ2n) is 3.32. The maximum absolute atomic E-state index is 10.8. The van der Waals surface area contributed by atoms with Crippen LogP contribution in [0.3, 0.4) is 0 Å². The molecule has 4 heteroatoms. The van der Waals surface area contributed by atoms with Crippen LogP contribution in [0.2, 0.25) is 0 Å². The SMILES string of the molecule is CN1CC(c2ccncc2)C(C=O)=N1. The Labute approximate surface area is 82.3 Å². The Balaban J connectivity index is 2.29. The summed E-state index contributed by atoms with van der Waals surface area (Å²) in [7, 11) is 1.87. The Bertz CT molecular complexity index is 361. The lowest BCUT2D eigenvalue weighted by molar-refractivity contribution is -0.102. The Kier molecular flexibility index (Phi) is 2.26. The summed E-state index contributed by atoms with van der Waals surface area (Å²) in [5, 5.41) is 5.91. The van der Waals surface area contributed by atoms with Crippen molar-refractivity contribution in [3.05, 3.63) is 30.1 Å². The van der Waals surface area contributed by atoms with Gasteiger partial charge >= 0.3 is 0 Å². The van der Waals surface area contributed by atoms with Gasteiger partial charge in [-0.3, -0.25) is 14.8 Å². The molecule has 0 fully saturated rings. The summed E-state index contributed by atoms with van der Waals surface area (Å²) in [6.45, 7) is 0.762. The number of likely N-dealkylation sites (N-methyl/N-ethyl adjacent to an activating group) is 1. The quantitative estimate of drug-likeness (QED) is 0.642. The summed E-state index contributed by atoms with van der Waals surface area (Å²) in [5.74, 6) is 0.0977. The molecule has 4 nitrogen and oxygen atoms in total. The molecule has 0 spiro atoms. The van der Waals surface area contributed by atoms with Crippen LogP contribution in [0.5, 0.6) is 0 Å². The molecule has 1 aromatic rings. The van der Waals surface area contributed by atoms with Crippen molar-refractivity contribution in [2.24, 2.45) is 5.10 Å². The molecule has 0 radical (unpaired) electrons. The predicted molar refractivity (Wildman–Crippen MR) is 53.1 cm³/mol. The molecular formula is C10H11N3O. The van der Waals surface area contributed by atoms with Crippen molar-refractivity contribution >= 4 is 12.0 Å². The molecular weight excluding hydrogens is 178 g/mol. The Hall–Kier alpha value is -1.71. The van der Waals surface area contributed by atoms with Crippen LogP contribution in [0, 0.1) is 0 Å². The number of hydrogen-bond donors (Lipinski definition) is 0. The summed E-state index contributed by atoms with van der Waals surface area (Å²) < 4.78 is 0. The Morgan fingerprint density at radius 2 is 2.21 bits per heavy atom. The summed E-state index contributed by atoms with van der Waals surface area (Å²) >= 11 is 0. The monoisotopic (exact) mass is 189 g/mol. The van der Waals surface area contributed by atoms with Crippen LogP contribution in [0.25, 0.3) is 0 Å². The van der Waals surface area contributed by atoms with Gasteiger partial charge in [-0.15, -0.1) is 0 Å². The molecule has 1 unspecified atom stereocenters. The van der Waals surface area contributed by atoms with Gasteiger partial charge in [0.05, 0.1) is 5.92 Å². The third-order valence-electron chi connectivity index (χ3n) is 2.32. The minimum Gasteiger partial charge on any atom is -0.299 e. The van der Waals surface area contributed by atoms with Gasteiger partial charge in [-0.05, 0) is 17.7 Å². The Morgan fingerprint density at radius 1 is 1.50 bits per heavy atom. The van der Waals surface area contributed by atoms with E-state index in [1.165, 1.54) is 0 Å². The van der Waals surface area contributed by atoms with Crippen molar-refractivity contribution in [1.82, 2.24) is 9.99 Å². The van der Waals surface area contributed by atoms with E-state index in [9.17, 15) is 4.79 Å². The van der Waals surface area contributed by atoms with Crippen molar-refractivity contribution in [2.45, 2.75) is 5.92 Å². The molecule has 1 atom stereocenters. The first-order chi connectivity index (χ1) is 6.81. The van der Waals surface area contributed by atoms with Crippen molar-refractivity contribution < 1.29 is 4.79 Å². The zero-order valence-corrected chi connectivity index (χ0v) is 7.92. The van der Waals surface area contributed by atoms with Crippen LogP contribution >= 0.6 is 0 Å². The van der Waals surface area contributed by atoms with Crippen LogP contribution in [0.1, 0.15) is 11.5 Å². The van der Waals surface area contributed by atoms with Gasteiger partial charge in [-0.25, -0.2) is 0 Å². The highest BCUT2D eigenvalue weighted by atomic mass is 16.1. The maximum Gasteiger partial charge on any atom is 0.166 e. The molecule has 0 aromatic carbocycles. The molecule has 1 aromatic heterocycles. The Morgan fingerprint density at radius 3 is 2.86 bits per heavy atom. The van der Waals surface area contributed by atoms with Crippen molar-refractivity contribution in [3.8, 4) is 0 Å². The van der Waals surface area contributed by atoms with Crippen molar-refractivity contribution in [2.75, 3.05) is 13.6 Å². The van der Waals surface area contributed by atoms with Crippen LogP contribution in [0.4, 0.5) is 0 Å². The minimum absolute atomic E-state index is 0.0977. The number of hydrogen-bond acceptors (Lipinski definition) is 4. The molecule has 2 rings (SSSR count). The van der Waals surface area contributed by atoms with Gasteiger partial charge in [0.25, 0.3) is 0 Å². The number of pyridine rings is 1. The van der Waals surface area contributed by atoms with Gasteiger partial charge in [0, 0.05) is 26.0 Å². The summed E-state index contributed by atoms with van der Waals surface area (Å²) in [5.41, 5.74) is 1.69. The van der Waals surface area contributed by atoms with Crippen LogP contribution in [-0.2, 0) is 4.79 Å². The number of aromatic nitrogens is 1. The fourth-order valence-electron chi connectivity index (χ4n) is 1.64. The van der Waals surface area contributed by atoms with E-state index in [4.69, 9.17) is 0 Å². The van der Waals surface area contributed by atoms with E-state index < -0.39 is 0 Å². The van der Waals surface area contributed by atoms with E-state index >= 15 is 0 Å². The summed E-state index contributed by atoms with van der Waals surface area (Å²) in [6, 6.07) is 3.84. The zero-order chi connectivity index (χ0) is 9.97. The van der Waals surface area contributed by atoms with Gasteiger partial charge < -0.3 is 0 Å². The van der Waals surface area contributed by atoms with E-state index in [1.807, 2.05) is 19.2 Å². The molecule has 0 N–H and O–H groups in total. The van der Waals surface area contributed by atoms with Crippen LogP contribution in [0.15, 0.2) is 29.6 Å².